The van der Waals surface area contributed by atoms with Gasteiger partial charge in [0.25, 0.3) is 0 Å². The number of benzene rings is 1. The number of hydrogen-bond acceptors (Lipinski definition) is 6. The molecule has 0 radical (unpaired) electrons. The molecule has 1 atom stereocenters. The molecule has 1 aliphatic rings. The van der Waals surface area contributed by atoms with Crippen molar-refractivity contribution < 1.29 is 14.3 Å². The van der Waals surface area contributed by atoms with E-state index >= 15 is 0 Å². The Hall–Kier alpha value is -1.92. The lowest BCUT2D eigenvalue weighted by atomic mass is 10.1. The van der Waals surface area contributed by atoms with Crippen LogP contribution in [0.25, 0.3) is 10.6 Å². The Labute approximate surface area is 159 Å². The maximum Gasteiger partial charge on any atom is 0.310 e. The van der Waals surface area contributed by atoms with Crippen LogP contribution in [-0.4, -0.2) is 49.2 Å². The molecule has 0 spiro atoms. The second-order valence-electron chi connectivity index (χ2n) is 6.52. The SMILES string of the molecule is CCc1cnc(-c2ccc(OCCCN3CCC(C(=O)OC)C3)cc2)s1. The first kappa shape index (κ1) is 18.9. The minimum Gasteiger partial charge on any atom is -0.494 e. The van der Waals surface area contributed by atoms with Crippen LogP contribution in [0.1, 0.15) is 24.6 Å². The monoisotopic (exact) mass is 374 g/mol. The van der Waals surface area contributed by atoms with E-state index in [1.165, 1.54) is 12.0 Å². The molecule has 26 heavy (non-hydrogen) atoms. The third kappa shape index (κ3) is 4.83. The highest BCUT2D eigenvalue weighted by atomic mass is 32.1. The van der Waals surface area contributed by atoms with Crippen molar-refractivity contribution in [3.63, 3.8) is 0 Å². The summed E-state index contributed by atoms with van der Waals surface area (Å²) >= 11 is 1.74. The van der Waals surface area contributed by atoms with E-state index in [1.54, 1.807) is 11.3 Å². The summed E-state index contributed by atoms with van der Waals surface area (Å²) in [6.07, 6.45) is 4.82. The van der Waals surface area contributed by atoms with Crippen molar-refractivity contribution in [1.29, 1.82) is 0 Å². The summed E-state index contributed by atoms with van der Waals surface area (Å²) in [4.78, 5) is 19.6. The normalized spacial score (nSPS) is 17.4. The van der Waals surface area contributed by atoms with Gasteiger partial charge in [-0.05, 0) is 50.1 Å². The van der Waals surface area contributed by atoms with Crippen molar-refractivity contribution in [2.75, 3.05) is 33.4 Å². The fourth-order valence-corrected chi connectivity index (χ4v) is 4.03. The van der Waals surface area contributed by atoms with Crippen LogP contribution in [0, 0.1) is 5.92 Å². The number of likely N-dealkylation sites (tertiary alicyclic amines) is 1. The maximum atomic E-state index is 11.5. The Morgan fingerprint density at radius 2 is 2.15 bits per heavy atom. The number of carbonyl (C=O) groups excluding carboxylic acids is 1. The van der Waals surface area contributed by atoms with Crippen LogP contribution >= 0.6 is 11.3 Å². The van der Waals surface area contributed by atoms with Gasteiger partial charge in [-0.2, -0.15) is 0 Å². The van der Waals surface area contributed by atoms with Gasteiger partial charge in [0.1, 0.15) is 10.8 Å². The van der Waals surface area contributed by atoms with E-state index in [-0.39, 0.29) is 11.9 Å². The van der Waals surface area contributed by atoms with Gasteiger partial charge < -0.3 is 14.4 Å². The number of ether oxygens (including phenoxy) is 2. The predicted molar refractivity (Wildman–Crippen MR) is 104 cm³/mol. The van der Waals surface area contributed by atoms with Crippen LogP contribution in [0.5, 0.6) is 5.75 Å². The van der Waals surface area contributed by atoms with Crippen molar-refractivity contribution in [1.82, 2.24) is 9.88 Å². The predicted octanol–water partition coefficient (Wildman–Crippen LogP) is 3.64. The third-order valence-electron chi connectivity index (χ3n) is 4.70. The number of hydrogen-bond donors (Lipinski definition) is 0. The highest BCUT2D eigenvalue weighted by molar-refractivity contribution is 7.15. The Morgan fingerprint density at radius 3 is 2.85 bits per heavy atom. The minimum absolute atomic E-state index is 0.0348. The van der Waals surface area contributed by atoms with Crippen molar-refractivity contribution in [2.24, 2.45) is 5.92 Å². The van der Waals surface area contributed by atoms with Crippen LogP contribution < -0.4 is 4.74 Å². The molecule has 2 heterocycles. The average molecular weight is 375 g/mol. The number of nitrogens with zero attached hydrogens (tertiary/aromatic N) is 2. The molecule has 140 valence electrons. The molecule has 0 bridgehead atoms. The summed E-state index contributed by atoms with van der Waals surface area (Å²) < 4.78 is 10.7. The summed E-state index contributed by atoms with van der Waals surface area (Å²) in [5.74, 6) is 0.831. The Morgan fingerprint density at radius 1 is 1.35 bits per heavy atom. The highest BCUT2D eigenvalue weighted by Gasteiger charge is 2.28. The molecule has 0 aliphatic carbocycles. The molecule has 5 nitrogen and oxygen atoms in total. The molecule has 2 aromatic rings. The Bertz CT molecular complexity index is 714. The zero-order chi connectivity index (χ0) is 18.4. The molecule has 1 aliphatic heterocycles. The standard InChI is InChI=1S/C20H26N2O3S/c1-3-18-13-21-19(26-18)15-5-7-17(8-6-15)25-12-4-10-22-11-9-16(14-22)20(23)24-2/h5-8,13,16H,3-4,9-12,14H2,1-2H3. The zero-order valence-corrected chi connectivity index (χ0v) is 16.3. The van der Waals surface area contributed by atoms with Gasteiger partial charge in [-0.15, -0.1) is 11.3 Å². The second kappa shape index (κ2) is 9.14. The highest BCUT2D eigenvalue weighted by Crippen LogP contribution is 2.27. The third-order valence-corrected chi connectivity index (χ3v) is 5.89. The second-order valence-corrected chi connectivity index (χ2v) is 7.64. The van der Waals surface area contributed by atoms with Crippen LogP contribution in [0.15, 0.2) is 30.5 Å². The van der Waals surface area contributed by atoms with Gasteiger partial charge in [0.05, 0.1) is 19.6 Å². The number of rotatable bonds is 8. The van der Waals surface area contributed by atoms with Crippen molar-refractivity contribution in [3.05, 3.63) is 35.3 Å². The molecule has 1 aromatic carbocycles. The summed E-state index contributed by atoms with van der Waals surface area (Å²) in [5, 5.41) is 1.06. The number of thiazole rings is 1. The summed E-state index contributed by atoms with van der Waals surface area (Å²) in [6.45, 7) is 5.53. The molecule has 1 unspecified atom stereocenters. The van der Waals surface area contributed by atoms with E-state index in [2.05, 4.69) is 28.9 Å². The summed E-state index contributed by atoms with van der Waals surface area (Å²) in [6, 6.07) is 8.14. The van der Waals surface area contributed by atoms with Gasteiger partial charge in [0.2, 0.25) is 0 Å². The van der Waals surface area contributed by atoms with E-state index in [1.807, 2.05) is 18.3 Å². The van der Waals surface area contributed by atoms with Gasteiger partial charge >= 0.3 is 5.97 Å². The molecule has 6 heteroatoms. The number of carbonyl (C=O) groups is 1. The Kier molecular flexibility index (Phi) is 6.63. The average Bonchev–Trinajstić information content (AvgIpc) is 3.34. The van der Waals surface area contributed by atoms with E-state index in [0.29, 0.717) is 6.61 Å². The maximum absolute atomic E-state index is 11.5. The van der Waals surface area contributed by atoms with Gasteiger partial charge in [-0.25, -0.2) is 4.98 Å². The topological polar surface area (TPSA) is 51.7 Å². The lowest BCUT2D eigenvalue weighted by Gasteiger charge is -2.15. The first-order valence-electron chi connectivity index (χ1n) is 9.17. The Balaban J connectivity index is 1.39. The van der Waals surface area contributed by atoms with Crippen LogP contribution in [0.2, 0.25) is 0 Å². The summed E-state index contributed by atoms with van der Waals surface area (Å²) in [5.41, 5.74) is 1.13. The molecule has 1 fully saturated rings. The molecule has 0 saturated carbocycles. The zero-order valence-electron chi connectivity index (χ0n) is 15.4. The number of aromatic nitrogens is 1. The molecule has 0 amide bonds. The first-order chi connectivity index (χ1) is 12.7. The van der Waals surface area contributed by atoms with Crippen molar-refractivity contribution in [3.8, 4) is 16.3 Å². The largest absolute Gasteiger partial charge is 0.494 e. The van der Waals surface area contributed by atoms with Crippen LogP contribution in [-0.2, 0) is 16.0 Å². The number of aryl methyl sites for hydroxylation is 1. The molecule has 3 rings (SSSR count). The van der Waals surface area contributed by atoms with Gasteiger partial charge in [0, 0.05) is 29.7 Å². The van der Waals surface area contributed by atoms with E-state index in [0.717, 1.165) is 55.2 Å². The lowest BCUT2D eigenvalue weighted by molar-refractivity contribution is -0.144. The van der Waals surface area contributed by atoms with E-state index < -0.39 is 0 Å². The number of esters is 1. The smallest absolute Gasteiger partial charge is 0.310 e. The molecule has 0 N–H and O–H groups in total. The van der Waals surface area contributed by atoms with Gasteiger partial charge in [-0.1, -0.05) is 6.92 Å². The fourth-order valence-electron chi connectivity index (χ4n) is 3.17. The van der Waals surface area contributed by atoms with E-state index in [9.17, 15) is 4.79 Å². The molecule has 1 saturated heterocycles. The minimum atomic E-state index is -0.0878. The van der Waals surface area contributed by atoms with Gasteiger partial charge in [-0.3, -0.25) is 4.79 Å². The van der Waals surface area contributed by atoms with E-state index in [4.69, 9.17) is 9.47 Å². The van der Waals surface area contributed by atoms with Crippen molar-refractivity contribution >= 4 is 17.3 Å². The fraction of sp³-hybridized carbons (Fsp3) is 0.500. The number of methoxy groups -OCH3 is 1. The molecular weight excluding hydrogens is 348 g/mol. The first-order valence-corrected chi connectivity index (χ1v) is 9.99. The van der Waals surface area contributed by atoms with Crippen molar-refractivity contribution in [2.45, 2.75) is 26.2 Å². The lowest BCUT2D eigenvalue weighted by Crippen LogP contribution is -2.25. The van der Waals surface area contributed by atoms with Crippen LogP contribution in [0.4, 0.5) is 0 Å². The quantitative estimate of drug-likeness (QED) is 0.522. The van der Waals surface area contributed by atoms with Gasteiger partial charge in [0.15, 0.2) is 0 Å². The molecular formula is C20H26N2O3S. The van der Waals surface area contributed by atoms with Crippen LogP contribution in [0.3, 0.4) is 0 Å². The summed E-state index contributed by atoms with van der Waals surface area (Å²) in [7, 11) is 1.46. The molecule has 1 aromatic heterocycles.